The molecule has 0 radical (unpaired) electrons. The predicted molar refractivity (Wildman–Crippen MR) is 84.2 cm³/mol. The summed E-state index contributed by atoms with van der Waals surface area (Å²) in [5.41, 5.74) is 3.28. The Bertz CT molecular complexity index is 764. The molecule has 104 valence electrons. The maximum Gasteiger partial charge on any atom is 0.129 e. The highest BCUT2D eigenvalue weighted by molar-refractivity contribution is 5.95. The standard InChI is InChI=1S/C17H16N4/c1-2-6-13(7-3-1)14-10-17(21-8-4-5-9-21)20-16-12-19-18-11-15(14)16/h1-3,6-7,10-12H,4-5,8-9H2. The lowest BCUT2D eigenvalue weighted by Crippen LogP contribution is -2.19. The highest BCUT2D eigenvalue weighted by atomic mass is 15.2. The lowest BCUT2D eigenvalue weighted by molar-refractivity contribution is 0.942. The Balaban J connectivity index is 1.94. The van der Waals surface area contributed by atoms with Crippen LogP contribution in [0, 0.1) is 0 Å². The first-order valence-electron chi connectivity index (χ1n) is 7.34. The van der Waals surface area contributed by atoms with Gasteiger partial charge in [-0.05, 0) is 30.0 Å². The fourth-order valence-corrected chi connectivity index (χ4v) is 2.94. The minimum atomic E-state index is 0.910. The molecule has 0 saturated carbocycles. The van der Waals surface area contributed by atoms with E-state index < -0.39 is 0 Å². The minimum absolute atomic E-state index is 0.910. The minimum Gasteiger partial charge on any atom is -0.357 e. The quantitative estimate of drug-likeness (QED) is 0.720. The van der Waals surface area contributed by atoms with E-state index in [-0.39, 0.29) is 0 Å². The largest absolute Gasteiger partial charge is 0.357 e. The lowest BCUT2D eigenvalue weighted by atomic mass is 10.0. The lowest BCUT2D eigenvalue weighted by Gasteiger charge is -2.18. The summed E-state index contributed by atoms with van der Waals surface area (Å²) in [4.78, 5) is 7.12. The van der Waals surface area contributed by atoms with Gasteiger partial charge < -0.3 is 4.90 Å². The Morgan fingerprint density at radius 2 is 1.67 bits per heavy atom. The van der Waals surface area contributed by atoms with E-state index in [2.05, 4.69) is 45.4 Å². The molecule has 2 aromatic heterocycles. The zero-order chi connectivity index (χ0) is 14.1. The SMILES string of the molecule is c1ccc(-c2cc(N3CCCC3)nc3cnncc23)cc1. The van der Waals surface area contributed by atoms with Crippen molar-refractivity contribution in [2.24, 2.45) is 0 Å². The molecule has 21 heavy (non-hydrogen) atoms. The molecule has 0 spiro atoms. The van der Waals surface area contributed by atoms with Gasteiger partial charge >= 0.3 is 0 Å². The molecule has 1 aromatic carbocycles. The molecule has 0 amide bonds. The molecular formula is C17H16N4. The average molecular weight is 276 g/mol. The zero-order valence-corrected chi connectivity index (χ0v) is 11.7. The molecule has 0 aliphatic carbocycles. The number of hydrogen-bond acceptors (Lipinski definition) is 4. The van der Waals surface area contributed by atoms with Crippen LogP contribution in [-0.4, -0.2) is 28.3 Å². The van der Waals surface area contributed by atoms with Gasteiger partial charge in [0.1, 0.15) is 5.82 Å². The van der Waals surface area contributed by atoms with Crippen molar-refractivity contribution in [3.63, 3.8) is 0 Å². The van der Waals surface area contributed by atoms with Gasteiger partial charge in [-0.2, -0.15) is 10.2 Å². The van der Waals surface area contributed by atoms with Gasteiger partial charge in [0, 0.05) is 18.5 Å². The first kappa shape index (κ1) is 12.3. The second kappa shape index (κ2) is 5.13. The van der Waals surface area contributed by atoms with Crippen molar-refractivity contribution in [1.29, 1.82) is 0 Å². The van der Waals surface area contributed by atoms with E-state index in [1.165, 1.54) is 24.0 Å². The molecule has 1 fully saturated rings. The summed E-state index contributed by atoms with van der Waals surface area (Å²) in [6.07, 6.45) is 6.05. The van der Waals surface area contributed by atoms with Crippen molar-refractivity contribution >= 4 is 16.7 Å². The molecule has 4 heteroatoms. The van der Waals surface area contributed by atoms with Crippen molar-refractivity contribution in [2.75, 3.05) is 18.0 Å². The molecule has 0 atom stereocenters. The van der Waals surface area contributed by atoms with Crippen molar-refractivity contribution in [1.82, 2.24) is 15.2 Å². The van der Waals surface area contributed by atoms with E-state index in [1.54, 1.807) is 12.4 Å². The van der Waals surface area contributed by atoms with Crippen LogP contribution in [0.2, 0.25) is 0 Å². The number of nitrogens with zero attached hydrogens (tertiary/aromatic N) is 4. The molecule has 4 nitrogen and oxygen atoms in total. The molecule has 0 bridgehead atoms. The molecule has 0 N–H and O–H groups in total. The Labute approximate surface area is 123 Å². The predicted octanol–water partition coefficient (Wildman–Crippen LogP) is 3.29. The number of benzene rings is 1. The van der Waals surface area contributed by atoms with E-state index in [0.717, 1.165) is 29.8 Å². The molecule has 1 saturated heterocycles. The Kier molecular flexibility index (Phi) is 2.99. The normalized spacial score (nSPS) is 14.8. The fourth-order valence-electron chi connectivity index (χ4n) is 2.94. The Morgan fingerprint density at radius 3 is 2.48 bits per heavy atom. The smallest absolute Gasteiger partial charge is 0.129 e. The van der Waals surface area contributed by atoms with E-state index in [0.29, 0.717) is 0 Å². The molecular weight excluding hydrogens is 260 g/mol. The van der Waals surface area contributed by atoms with Gasteiger partial charge in [0.15, 0.2) is 0 Å². The van der Waals surface area contributed by atoms with Crippen LogP contribution in [0.3, 0.4) is 0 Å². The number of aromatic nitrogens is 3. The van der Waals surface area contributed by atoms with Gasteiger partial charge in [0.25, 0.3) is 0 Å². The van der Waals surface area contributed by atoms with Crippen LogP contribution in [0.5, 0.6) is 0 Å². The second-order valence-electron chi connectivity index (χ2n) is 5.38. The fraction of sp³-hybridized carbons (Fsp3) is 0.235. The highest BCUT2D eigenvalue weighted by Crippen LogP contribution is 2.31. The molecule has 3 aromatic rings. The number of rotatable bonds is 2. The maximum atomic E-state index is 4.77. The van der Waals surface area contributed by atoms with Gasteiger partial charge in [0.05, 0.1) is 17.9 Å². The van der Waals surface area contributed by atoms with E-state index >= 15 is 0 Å². The van der Waals surface area contributed by atoms with Gasteiger partial charge in [0.2, 0.25) is 0 Å². The summed E-state index contributed by atoms with van der Waals surface area (Å²) >= 11 is 0. The molecule has 1 aliphatic heterocycles. The number of fused-ring (bicyclic) bond motifs is 1. The molecule has 1 aliphatic rings. The summed E-state index contributed by atoms with van der Waals surface area (Å²) in [7, 11) is 0. The monoisotopic (exact) mass is 276 g/mol. The van der Waals surface area contributed by atoms with Gasteiger partial charge in [-0.3, -0.25) is 0 Å². The second-order valence-corrected chi connectivity index (χ2v) is 5.38. The summed E-state index contributed by atoms with van der Waals surface area (Å²) in [5, 5.41) is 9.06. The van der Waals surface area contributed by atoms with Crippen LogP contribution in [-0.2, 0) is 0 Å². The topological polar surface area (TPSA) is 41.9 Å². The van der Waals surface area contributed by atoms with Crippen LogP contribution in [0.4, 0.5) is 5.82 Å². The van der Waals surface area contributed by atoms with E-state index in [1.807, 2.05) is 6.07 Å². The number of anilines is 1. The first-order valence-corrected chi connectivity index (χ1v) is 7.34. The third-order valence-electron chi connectivity index (χ3n) is 4.02. The maximum absolute atomic E-state index is 4.77. The van der Waals surface area contributed by atoms with Crippen molar-refractivity contribution < 1.29 is 0 Å². The van der Waals surface area contributed by atoms with Crippen LogP contribution in [0.1, 0.15) is 12.8 Å². The Hall–Kier alpha value is -2.49. The summed E-state index contributed by atoms with van der Waals surface area (Å²) in [5.74, 6) is 1.05. The Morgan fingerprint density at radius 1 is 0.905 bits per heavy atom. The third kappa shape index (κ3) is 2.23. The third-order valence-corrected chi connectivity index (χ3v) is 4.02. The van der Waals surface area contributed by atoms with E-state index in [9.17, 15) is 0 Å². The zero-order valence-electron chi connectivity index (χ0n) is 11.7. The van der Waals surface area contributed by atoms with Crippen LogP contribution in [0.25, 0.3) is 22.0 Å². The van der Waals surface area contributed by atoms with Gasteiger partial charge in [-0.15, -0.1) is 0 Å². The van der Waals surface area contributed by atoms with Crippen LogP contribution in [0.15, 0.2) is 48.8 Å². The highest BCUT2D eigenvalue weighted by Gasteiger charge is 2.16. The van der Waals surface area contributed by atoms with Crippen molar-refractivity contribution in [3.8, 4) is 11.1 Å². The van der Waals surface area contributed by atoms with E-state index in [4.69, 9.17) is 4.98 Å². The first-order chi connectivity index (χ1) is 10.4. The van der Waals surface area contributed by atoms with Crippen LogP contribution >= 0.6 is 0 Å². The van der Waals surface area contributed by atoms with Gasteiger partial charge in [-0.25, -0.2) is 4.98 Å². The summed E-state index contributed by atoms with van der Waals surface area (Å²) in [6.45, 7) is 2.18. The molecule has 4 rings (SSSR count). The van der Waals surface area contributed by atoms with Crippen LogP contribution < -0.4 is 4.90 Å². The van der Waals surface area contributed by atoms with Crippen molar-refractivity contribution in [3.05, 3.63) is 48.8 Å². The van der Waals surface area contributed by atoms with Crippen molar-refractivity contribution in [2.45, 2.75) is 12.8 Å². The summed E-state index contributed by atoms with van der Waals surface area (Å²) < 4.78 is 0. The molecule has 3 heterocycles. The summed E-state index contributed by atoms with van der Waals surface area (Å²) in [6, 6.07) is 12.6. The molecule has 0 unspecified atom stereocenters. The number of hydrogen-bond donors (Lipinski definition) is 0. The van der Waals surface area contributed by atoms with Gasteiger partial charge in [-0.1, -0.05) is 30.3 Å². The average Bonchev–Trinajstić information content (AvgIpc) is 3.09. The number of pyridine rings is 1.